The molecule has 0 spiro atoms. The van der Waals surface area contributed by atoms with E-state index in [1.165, 1.54) is 0 Å². The van der Waals surface area contributed by atoms with Crippen molar-refractivity contribution in [3.05, 3.63) is 34.8 Å². The van der Waals surface area contributed by atoms with Gasteiger partial charge in [0.25, 0.3) is 0 Å². The van der Waals surface area contributed by atoms with Crippen molar-refractivity contribution in [2.24, 2.45) is 0 Å². The molecule has 5 heteroatoms. The molecule has 0 bridgehead atoms. The Labute approximate surface area is 91.5 Å². The van der Waals surface area contributed by atoms with Crippen LogP contribution < -0.4 is 4.91 Å². The zero-order chi connectivity index (χ0) is 11.2. The first-order valence-electron chi connectivity index (χ1n) is 3.90. The van der Waals surface area contributed by atoms with Gasteiger partial charge in [-0.15, -0.1) is 0 Å². The number of nitrogens with one attached hydrogen (secondary N) is 2. The van der Waals surface area contributed by atoms with Crippen molar-refractivity contribution >= 4 is 22.2 Å². The van der Waals surface area contributed by atoms with Crippen LogP contribution in [0.4, 0.5) is 0 Å². The van der Waals surface area contributed by atoms with Gasteiger partial charge in [0.15, 0.2) is 0 Å². The second-order valence-corrected chi connectivity index (χ2v) is 2.90. The molecule has 1 aromatic rings. The van der Waals surface area contributed by atoms with E-state index in [2.05, 4.69) is 15.9 Å². The average Bonchev–Trinajstić information content (AvgIpc) is 2.21. The Kier molecular flexibility index (Phi) is 15.4. The molecule has 0 atom stereocenters. The van der Waals surface area contributed by atoms with Crippen molar-refractivity contribution in [3.63, 3.8) is 0 Å². The molecule has 0 aliphatic rings. The molecule has 0 unspecified atom stereocenters. The summed E-state index contributed by atoms with van der Waals surface area (Å²) >= 11 is 3.31. The molecule has 0 saturated heterocycles. The third-order valence-corrected chi connectivity index (χ3v) is 1.43. The monoisotopic (exact) mass is 258 g/mol. The second kappa shape index (κ2) is 14.2. The first-order chi connectivity index (χ1) is 6.72. The van der Waals surface area contributed by atoms with Gasteiger partial charge in [0.1, 0.15) is 17.3 Å². The third-order valence-electron chi connectivity index (χ3n) is 0.900. The SMILES string of the molecule is Brc1ccccc1.CCC=O.N=[N+]=N. The van der Waals surface area contributed by atoms with Gasteiger partial charge in [0.2, 0.25) is 4.91 Å². The number of nitrogens with zero attached hydrogens (tertiary/aromatic N) is 1. The van der Waals surface area contributed by atoms with Crippen molar-refractivity contribution in [1.29, 1.82) is 11.1 Å². The topological polar surface area (TPSA) is 78.9 Å². The molecule has 14 heavy (non-hydrogen) atoms. The number of aldehydes is 1. The first kappa shape index (κ1) is 15.2. The van der Waals surface area contributed by atoms with E-state index < -0.39 is 0 Å². The predicted octanol–water partition coefficient (Wildman–Crippen LogP) is 3.16. The van der Waals surface area contributed by atoms with Gasteiger partial charge in [-0.2, -0.15) is 0 Å². The molecule has 0 radical (unpaired) electrons. The quantitative estimate of drug-likeness (QED) is 0.453. The van der Waals surface area contributed by atoms with Crippen molar-refractivity contribution in [2.45, 2.75) is 13.3 Å². The normalized spacial score (nSPS) is 6.71. The van der Waals surface area contributed by atoms with Crippen molar-refractivity contribution in [2.75, 3.05) is 0 Å². The van der Waals surface area contributed by atoms with Gasteiger partial charge >= 0.3 is 0 Å². The van der Waals surface area contributed by atoms with Gasteiger partial charge in [-0.25, -0.2) is 0 Å². The van der Waals surface area contributed by atoms with Crippen LogP contribution in [0.25, 0.3) is 0 Å². The van der Waals surface area contributed by atoms with Crippen molar-refractivity contribution in [3.8, 4) is 0 Å². The van der Waals surface area contributed by atoms with Gasteiger partial charge in [0, 0.05) is 10.9 Å². The summed E-state index contributed by atoms with van der Waals surface area (Å²) in [5.41, 5.74) is 11.0. The highest BCUT2D eigenvalue weighted by molar-refractivity contribution is 9.10. The number of halogens is 1. The minimum atomic E-state index is 0.639. The fourth-order valence-corrected chi connectivity index (χ4v) is 0.720. The zero-order valence-electron chi connectivity index (χ0n) is 7.90. The van der Waals surface area contributed by atoms with Crippen LogP contribution in [0.1, 0.15) is 13.3 Å². The predicted molar refractivity (Wildman–Crippen MR) is 58.1 cm³/mol. The van der Waals surface area contributed by atoms with Crippen LogP contribution >= 0.6 is 15.9 Å². The van der Waals surface area contributed by atoms with E-state index in [0.717, 1.165) is 10.8 Å². The van der Waals surface area contributed by atoms with E-state index in [1.807, 2.05) is 42.2 Å². The summed E-state index contributed by atoms with van der Waals surface area (Å²) in [7, 11) is 0. The molecule has 76 valence electrons. The number of carbonyl (C=O) groups is 1. The minimum Gasteiger partial charge on any atom is -0.303 e. The number of hydrogen-bond donors (Lipinski definition) is 2. The van der Waals surface area contributed by atoms with Gasteiger partial charge in [-0.1, -0.05) is 41.1 Å². The molecule has 0 aromatic heterocycles. The highest BCUT2D eigenvalue weighted by Crippen LogP contribution is 2.05. The van der Waals surface area contributed by atoms with Crippen LogP contribution in [0.15, 0.2) is 34.8 Å². The number of hydrogen-bond acceptors (Lipinski definition) is 3. The Balaban J connectivity index is 0. The van der Waals surface area contributed by atoms with Crippen molar-refractivity contribution in [1.82, 2.24) is 4.91 Å². The number of benzene rings is 1. The van der Waals surface area contributed by atoms with Crippen LogP contribution in [-0.2, 0) is 4.79 Å². The van der Waals surface area contributed by atoms with Crippen molar-refractivity contribution < 1.29 is 4.79 Å². The molecular weight excluding hydrogens is 246 g/mol. The standard InChI is InChI=1S/C6H5Br.C3H6O.H2N3/c7-6-4-2-1-3-5-6;1-2-3-4;1-3-2/h1-5H;3H,2H2,1H3;1-2H/q;;+1. The first-order valence-corrected chi connectivity index (χ1v) is 4.69. The maximum absolute atomic E-state index is 9.17. The summed E-state index contributed by atoms with van der Waals surface area (Å²) in [5, 5.41) is 0. The highest BCUT2D eigenvalue weighted by Gasteiger charge is 1.74. The maximum atomic E-state index is 9.17. The summed E-state index contributed by atoms with van der Waals surface area (Å²) in [5.74, 6) is 0. The van der Waals surface area contributed by atoms with E-state index in [1.54, 1.807) is 0 Å². The Bertz CT molecular complexity index is 258. The van der Waals surface area contributed by atoms with Crippen LogP contribution in [0.3, 0.4) is 0 Å². The van der Waals surface area contributed by atoms with Crippen LogP contribution in [0.5, 0.6) is 0 Å². The lowest BCUT2D eigenvalue weighted by Crippen LogP contribution is -1.55. The summed E-state index contributed by atoms with van der Waals surface area (Å²) in [6.07, 6.45) is 1.51. The molecule has 0 saturated carbocycles. The fraction of sp³-hybridized carbons (Fsp3) is 0.222. The lowest BCUT2D eigenvalue weighted by molar-refractivity contribution is -0.107. The van der Waals surface area contributed by atoms with E-state index in [0.29, 0.717) is 6.42 Å². The molecule has 0 aliphatic carbocycles. The van der Waals surface area contributed by atoms with E-state index in [4.69, 9.17) is 11.1 Å². The number of rotatable bonds is 1. The van der Waals surface area contributed by atoms with E-state index in [9.17, 15) is 4.79 Å². The van der Waals surface area contributed by atoms with Gasteiger partial charge in [-0.05, 0) is 12.1 Å². The summed E-state index contributed by atoms with van der Waals surface area (Å²) in [6, 6.07) is 9.97. The lowest BCUT2D eigenvalue weighted by Gasteiger charge is -1.80. The van der Waals surface area contributed by atoms with Gasteiger partial charge < -0.3 is 4.79 Å². The molecule has 0 aliphatic heterocycles. The van der Waals surface area contributed by atoms with Crippen LogP contribution in [0, 0.1) is 11.1 Å². The van der Waals surface area contributed by atoms with E-state index in [-0.39, 0.29) is 0 Å². The smallest absolute Gasteiger partial charge is 0.211 e. The van der Waals surface area contributed by atoms with Gasteiger partial charge in [-0.3, -0.25) is 0 Å². The molecule has 2 N–H and O–H groups in total. The Hall–Kier alpha value is -1.32. The molecule has 0 heterocycles. The Morgan fingerprint density at radius 2 is 1.71 bits per heavy atom. The summed E-state index contributed by atoms with van der Waals surface area (Å²) in [4.78, 5) is 11.2. The molecule has 0 fully saturated rings. The van der Waals surface area contributed by atoms with Crippen LogP contribution in [-0.4, -0.2) is 6.29 Å². The summed E-state index contributed by atoms with van der Waals surface area (Å²) < 4.78 is 1.13. The lowest BCUT2D eigenvalue weighted by atomic mass is 10.4. The fourth-order valence-electron chi connectivity index (χ4n) is 0.415. The largest absolute Gasteiger partial charge is 0.303 e. The average molecular weight is 259 g/mol. The highest BCUT2D eigenvalue weighted by atomic mass is 79.9. The molecule has 1 aromatic carbocycles. The van der Waals surface area contributed by atoms with E-state index >= 15 is 0 Å². The number of carbonyl (C=O) groups excluding carboxylic acids is 1. The Morgan fingerprint density at radius 1 is 1.36 bits per heavy atom. The molecule has 4 nitrogen and oxygen atoms in total. The third kappa shape index (κ3) is 17.0. The minimum absolute atomic E-state index is 0.639. The summed E-state index contributed by atoms with van der Waals surface area (Å²) in [6.45, 7) is 1.81. The molecular formula is C9H13BrN3O+. The zero-order valence-corrected chi connectivity index (χ0v) is 9.49. The molecule has 1 rings (SSSR count). The maximum Gasteiger partial charge on any atom is 0.211 e. The molecule has 0 amide bonds. The van der Waals surface area contributed by atoms with Gasteiger partial charge in [0.05, 0.1) is 0 Å². The second-order valence-electron chi connectivity index (χ2n) is 1.98. The van der Waals surface area contributed by atoms with Crippen LogP contribution in [0.2, 0.25) is 0 Å². The Morgan fingerprint density at radius 3 is 1.86 bits per heavy atom.